The van der Waals surface area contributed by atoms with Gasteiger partial charge in [0.15, 0.2) is 0 Å². The predicted octanol–water partition coefficient (Wildman–Crippen LogP) is 4.06. The van der Waals surface area contributed by atoms with Crippen molar-refractivity contribution in [1.82, 2.24) is 5.32 Å². The molecule has 0 aliphatic rings. The lowest BCUT2D eigenvalue weighted by Gasteiger charge is -2.20. The highest BCUT2D eigenvalue weighted by Gasteiger charge is 2.13. The van der Waals surface area contributed by atoms with Crippen LogP contribution >= 0.6 is 0 Å². The third kappa shape index (κ3) is 3.24. The minimum absolute atomic E-state index is 0.386. The van der Waals surface area contributed by atoms with Crippen molar-refractivity contribution in [3.8, 4) is 0 Å². The van der Waals surface area contributed by atoms with E-state index in [1.807, 2.05) is 0 Å². The number of aryl methyl sites for hydroxylation is 2. The maximum absolute atomic E-state index is 3.47. The number of hydrogen-bond acceptors (Lipinski definition) is 1. The Morgan fingerprint density at radius 1 is 0.947 bits per heavy atom. The highest BCUT2D eigenvalue weighted by Crippen LogP contribution is 2.23. The zero-order valence-corrected chi connectivity index (χ0v) is 12.1. The van der Waals surface area contributed by atoms with Crippen LogP contribution in [0.2, 0.25) is 0 Å². The molecule has 0 aliphatic heterocycles. The highest BCUT2D eigenvalue weighted by atomic mass is 14.9. The van der Waals surface area contributed by atoms with Gasteiger partial charge >= 0.3 is 0 Å². The second-order valence-electron chi connectivity index (χ2n) is 5.02. The van der Waals surface area contributed by atoms with Crippen LogP contribution in [-0.2, 0) is 12.8 Å². The first kappa shape index (κ1) is 13.8. The van der Waals surface area contributed by atoms with Gasteiger partial charge in [-0.2, -0.15) is 0 Å². The summed E-state index contributed by atoms with van der Waals surface area (Å²) in [6.07, 6.45) is 2.13. The zero-order valence-electron chi connectivity index (χ0n) is 12.1. The Kier molecular flexibility index (Phi) is 4.75. The molecule has 0 aromatic heterocycles. The molecule has 0 aliphatic carbocycles. The molecule has 1 nitrogen and oxygen atoms in total. The second kappa shape index (κ2) is 6.53. The summed E-state index contributed by atoms with van der Waals surface area (Å²) in [6.45, 7) is 4.41. The van der Waals surface area contributed by atoms with E-state index in [4.69, 9.17) is 0 Å². The molecule has 0 bridgehead atoms. The Hall–Kier alpha value is -1.60. The molecule has 1 unspecified atom stereocenters. The van der Waals surface area contributed by atoms with Crippen LogP contribution in [0.15, 0.2) is 48.5 Å². The number of benzene rings is 2. The lowest BCUT2D eigenvalue weighted by atomic mass is 9.92. The average Bonchev–Trinajstić information content (AvgIpc) is 2.46. The van der Waals surface area contributed by atoms with Crippen molar-refractivity contribution in [2.75, 3.05) is 7.05 Å². The van der Waals surface area contributed by atoms with Gasteiger partial charge in [-0.1, -0.05) is 55.5 Å². The maximum atomic E-state index is 3.47. The molecular weight excluding hydrogens is 230 g/mol. The van der Waals surface area contributed by atoms with E-state index in [1.165, 1.54) is 22.3 Å². The lowest BCUT2D eigenvalue weighted by Crippen LogP contribution is -2.20. The van der Waals surface area contributed by atoms with Crippen LogP contribution in [0, 0.1) is 6.92 Å². The summed E-state index contributed by atoms with van der Waals surface area (Å²) in [7, 11) is 2.05. The first-order valence-electron chi connectivity index (χ1n) is 7.05. The molecule has 2 aromatic carbocycles. The average molecular weight is 253 g/mol. The molecule has 2 aromatic rings. The van der Waals surface area contributed by atoms with E-state index in [-0.39, 0.29) is 0 Å². The van der Waals surface area contributed by atoms with E-state index in [2.05, 4.69) is 74.7 Å². The monoisotopic (exact) mass is 253 g/mol. The fourth-order valence-corrected chi connectivity index (χ4v) is 2.62. The molecule has 0 amide bonds. The van der Waals surface area contributed by atoms with Crippen molar-refractivity contribution >= 4 is 0 Å². The van der Waals surface area contributed by atoms with Gasteiger partial charge in [0.25, 0.3) is 0 Å². The van der Waals surface area contributed by atoms with Gasteiger partial charge in [-0.25, -0.2) is 0 Å². The predicted molar refractivity (Wildman–Crippen MR) is 82.5 cm³/mol. The molecule has 0 saturated heterocycles. The topological polar surface area (TPSA) is 12.0 Å². The molecule has 0 radical (unpaired) electrons. The highest BCUT2D eigenvalue weighted by molar-refractivity contribution is 5.33. The molecule has 100 valence electrons. The van der Waals surface area contributed by atoms with Crippen molar-refractivity contribution in [1.29, 1.82) is 0 Å². The van der Waals surface area contributed by atoms with Crippen LogP contribution in [0.3, 0.4) is 0 Å². The Balaban J connectivity index is 2.28. The second-order valence-corrected chi connectivity index (χ2v) is 5.02. The third-order valence-electron chi connectivity index (χ3n) is 3.85. The van der Waals surface area contributed by atoms with Gasteiger partial charge in [0.05, 0.1) is 0 Å². The summed E-state index contributed by atoms with van der Waals surface area (Å²) in [6, 6.07) is 17.8. The lowest BCUT2D eigenvalue weighted by molar-refractivity contribution is 0.585. The summed E-state index contributed by atoms with van der Waals surface area (Å²) in [5.74, 6) is 0. The van der Waals surface area contributed by atoms with Crippen molar-refractivity contribution in [3.05, 3.63) is 70.8 Å². The van der Waals surface area contributed by atoms with Gasteiger partial charge in [0.2, 0.25) is 0 Å². The largest absolute Gasteiger partial charge is 0.313 e. The maximum Gasteiger partial charge on any atom is 0.0361 e. The number of rotatable bonds is 5. The van der Waals surface area contributed by atoms with Gasteiger partial charge < -0.3 is 5.32 Å². The smallest absolute Gasteiger partial charge is 0.0361 e. The fraction of sp³-hybridized carbons (Fsp3) is 0.333. The molecule has 1 N–H and O–H groups in total. The van der Waals surface area contributed by atoms with Crippen molar-refractivity contribution in [2.24, 2.45) is 0 Å². The molecular formula is C18H23N. The Morgan fingerprint density at radius 2 is 1.58 bits per heavy atom. The van der Waals surface area contributed by atoms with Gasteiger partial charge in [0.1, 0.15) is 0 Å². The number of nitrogens with one attached hydrogen (secondary N) is 1. The van der Waals surface area contributed by atoms with E-state index in [9.17, 15) is 0 Å². The normalized spacial score (nSPS) is 12.4. The van der Waals surface area contributed by atoms with Crippen LogP contribution < -0.4 is 5.32 Å². The third-order valence-corrected chi connectivity index (χ3v) is 3.85. The van der Waals surface area contributed by atoms with Gasteiger partial charge in [0, 0.05) is 6.04 Å². The van der Waals surface area contributed by atoms with Crippen molar-refractivity contribution in [2.45, 2.75) is 32.7 Å². The fourth-order valence-electron chi connectivity index (χ4n) is 2.62. The van der Waals surface area contributed by atoms with Crippen molar-refractivity contribution < 1.29 is 0 Å². The standard InChI is InChI=1S/C18H23N/c1-4-15-10-7-8-12-17(15)18(19-3)13-16-11-6-5-9-14(16)2/h5-12,18-19H,4,13H2,1-3H3. The van der Waals surface area contributed by atoms with Crippen LogP contribution in [0.5, 0.6) is 0 Å². The molecule has 0 saturated carbocycles. The molecule has 0 heterocycles. The first-order chi connectivity index (χ1) is 9.26. The number of hydrogen-bond donors (Lipinski definition) is 1. The minimum Gasteiger partial charge on any atom is -0.313 e. The molecule has 0 spiro atoms. The van der Waals surface area contributed by atoms with E-state index >= 15 is 0 Å². The molecule has 2 rings (SSSR count). The van der Waals surface area contributed by atoms with E-state index in [1.54, 1.807) is 0 Å². The van der Waals surface area contributed by atoms with E-state index in [0.29, 0.717) is 6.04 Å². The molecule has 19 heavy (non-hydrogen) atoms. The Labute approximate surface area is 116 Å². The summed E-state index contributed by atoms with van der Waals surface area (Å²) in [5, 5.41) is 3.47. The molecule has 1 atom stereocenters. The van der Waals surface area contributed by atoms with Gasteiger partial charge in [-0.3, -0.25) is 0 Å². The Bertz CT molecular complexity index is 531. The SMILES string of the molecule is CCc1ccccc1C(Cc1ccccc1C)NC. The first-order valence-corrected chi connectivity index (χ1v) is 7.05. The van der Waals surface area contributed by atoms with Gasteiger partial charge in [-0.15, -0.1) is 0 Å². The van der Waals surface area contributed by atoms with Crippen LogP contribution in [0.1, 0.15) is 35.2 Å². The van der Waals surface area contributed by atoms with E-state index in [0.717, 1.165) is 12.8 Å². The van der Waals surface area contributed by atoms with Crippen LogP contribution in [0.4, 0.5) is 0 Å². The van der Waals surface area contributed by atoms with Gasteiger partial charge in [-0.05, 0) is 49.1 Å². The summed E-state index contributed by atoms with van der Waals surface area (Å²) < 4.78 is 0. The van der Waals surface area contributed by atoms with Crippen LogP contribution in [-0.4, -0.2) is 7.05 Å². The Morgan fingerprint density at radius 3 is 2.21 bits per heavy atom. The van der Waals surface area contributed by atoms with Crippen LogP contribution in [0.25, 0.3) is 0 Å². The molecule has 0 fully saturated rings. The van der Waals surface area contributed by atoms with E-state index < -0.39 is 0 Å². The summed E-state index contributed by atoms with van der Waals surface area (Å²) in [4.78, 5) is 0. The zero-order chi connectivity index (χ0) is 13.7. The summed E-state index contributed by atoms with van der Waals surface area (Å²) in [5.41, 5.74) is 5.66. The van der Waals surface area contributed by atoms with Crippen molar-refractivity contribution in [3.63, 3.8) is 0 Å². The minimum atomic E-state index is 0.386. The molecule has 1 heteroatoms. The quantitative estimate of drug-likeness (QED) is 0.847. The summed E-state index contributed by atoms with van der Waals surface area (Å²) >= 11 is 0. The number of likely N-dealkylation sites (N-methyl/N-ethyl adjacent to an activating group) is 1.